The van der Waals surface area contributed by atoms with Gasteiger partial charge in [0.05, 0.1) is 17.1 Å². The molecular formula is C36H42FN3O5. The van der Waals surface area contributed by atoms with Crippen LogP contribution in [0, 0.1) is 5.82 Å². The van der Waals surface area contributed by atoms with Crippen molar-refractivity contribution in [2.45, 2.75) is 96.7 Å². The Bertz CT molecular complexity index is 1650. The van der Waals surface area contributed by atoms with E-state index in [9.17, 15) is 9.90 Å². The van der Waals surface area contributed by atoms with Crippen LogP contribution in [0.2, 0.25) is 0 Å². The van der Waals surface area contributed by atoms with Gasteiger partial charge in [-0.2, -0.15) is 5.10 Å². The summed E-state index contributed by atoms with van der Waals surface area (Å²) in [4.78, 5) is 13.5. The van der Waals surface area contributed by atoms with Gasteiger partial charge in [0, 0.05) is 31.0 Å². The van der Waals surface area contributed by atoms with Crippen molar-refractivity contribution < 1.29 is 28.5 Å². The number of aromatic nitrogens is 2. The molecule has 1 atom stereocenters. The van der Waals surface area contributed by atoms with E-state index in [4.69, 9.17) is 19.3 Å². The number of carboxylic acid groups (broad SMARTS) is 1. The van der Waals surface area contributed by atoms with Crippen LogP contribution in [0.1, 0.15) is 77.2 Å². The van der Waals surface area contributed by atoms with Crippen molar-refractivity contribution in [2.24, 2.45) is 0 Å². The Labute approximate surface area is 263 Å². The van der Waals surface area contributed by atoms with Crippen molar-refractivity contribution in [3.05, 3.63) is 77.7 Å². The van der Waals surface area contributed by atoms with Crippen molar-refractivity contribution in [1.82, 2.24) is 14.7 Å². The number of nitrogens with zero attached hydrogens (tertiary/aromatic N) is 3. The lowest BCUT2D eigenvalue weighted by atomic mass is 9.85. The summed E-state index contributed by atoms with van der Waals surface area (Å²) in [6.45, 7) is 8.74. The Morgan fingerprint density at radius 2 is 1.89 bits per heavy atom. The van der Waals surface area contributed by atoms with Crippen LogP contribution >= 0.6 is 0 Å². The Kier molecular flexibility index (Phi) is 8.73. The summed E-state index contributed by atoms with van der Waals surface area (Å²) in [5, 5.41) is 15.4. The minimum Gasteiger partial charge on any atom is -0.489 e. The molecule has 1 aliphatic heterocycles. The zero-order valence-electron chi connectivity index (χ0n) is 26.5. The van der Waals surface area contributed by atoms with Crippen LogP contribution in [0.15, 0.2) is 60.8 Å². The molecule has 1 amide bonds. The van der Waals surface area contributed by atoms with E-state index in [1.165, 1.54) is 4.90 Å². The molecule has 4 aromatic rings. The molecule has 0 radical (unpaired) electrons. The van der Waals surface area contributed by atoms with Crippen LogP contribution in [0.5, 0.6) is 11.5 Å². The molecule has 9 heteroatoms. The molecule has 8 nitrogen and oxygen atoms in total. The normalized spacial score (nSPS) is 20.1. The van der Waals surface area contributed by atoms with Gasteiger partial charge < -0.3 is 24.2 Å². The minimum absolute atomic E-state index is 0.117. The van der Waals surface area contributed by atoms with Crippen LogP contribution in [-0.4, -0.2) is 50.2 Å². The van der Waals surface area contributed by atoms with Crippen molar-refractivity contribution >= 4 is 17.0 Å². The molecule has 1 aromatic heterocycles. The molecule has 1 N–H and O–H groups in total. The molecule has 1 unspecified atom stereocenters. The summed E-state index contributed by atoms with van der Waals surface area (Å²) < 4.78 is 36.1. The summed E-state index contributed by atoms with van der Waals surface area (Å²) in [5.74, 6) is 0.445. The van der Waals surface area contributed by atoms with E-state index in [1.54, 1.807) is 12.1 Å². The Hall–Kier alpha value is -4.11. The predicted octanol–water partition coefficient (Wildman–Crippen LogP) is 8.37. The first-order valence-corrected chi connectivity index (χ1v) is 15.9. The number of halogens is 1. The van der Waals surface area contributed by atoms with Gasteiger partial charge in [0.2, 0.25) is 0 Å². The molecule has 45 heavy (non-hydrogen) atoms. The van der Waals surface area contributed by atoms with E-state index < -0.39 is 17.4 Å². The first-order chi connectivity index (χ1) is 21.6. The Morgan fingerprint density at radius 1 is 1.11 bits per heavy atom. The zero-order valence-corrected chi connectivity index (χ0v) is 26.5. The number of benzene rings is 3. The second-order valence-corrected chi connectivity index (χ2v) is 13.1. The van der Waals surface area contributed by atoms with Gasteiger partial charge in [-0.3, -0.25) is 0 Å². The third-order valence-corrected chi connectivity index (χ3v) is 8.85. The average molecular weight is 616 g/mol. The summed E-state index contributed by atoms with van der Waals surface area (Å²) >= 11 is 0. The lowest BCUT2D eigenvalue weighted by molar-refractivity contribution is -0.0366. The highest BCUT2D eigenvalue weighted by Crippen LogP contribution is 2.41. The summed E-state index contributed by atoms with van der Waals surface area (Å²) in [7, 11) is 0. The number of ether oxygens (including phenoxy) is 3. The standard InChI is InChI=1S/C36H42FN3O5/c1-5-24-16-33(44-22-23-11-7-6-8-12-23)30(37)20-28(24)25-15-31-29(21-38-40(31)34-13-9-10-14-43-34)32(17-25)45-27-18-26(19-27)39(35(41)42)36(2,3)4/h6-8,11-12,15-17,20-21,26-27,34H,5,9-10,13-14,18-19,22H2,1-4H3,(H,41,42)/t26-,27-,34?. The molecule has 6 rings (SSSR count). The Balaban J connectivity index is 1.34. The minimum atomic E-state index is -0.922. The topological polar surface area (TPSA) is 86.0 Å². The van der Waals surface area contributed by atoms with Crippen LogP contribution in [0.4, 0.5) is 9.18 Å². The summed E-state index contributed by atoms with van der Waals surface area (Å²) in [6, 6.07) is 16.9. The van der Waals surface area contributed by atoms with E-state index in [1.807, 2.05) is 81.0 Å². The number of hydrogen-bond acceptors (Lipinski definition) is 5. The van der Waals surface area contributed by atoms with E-state index in [2.05, 4.69) is 0 Å². The largest absolute Gasteiger partial charge is 0.489 e. The van der Waals surface area contributed by atoms with E-state index in [0.717, 1.165) is 52.4 Å². The lowest BCUT2D eigenvalue weighted by Crippen LogP contribution is -2.58. The summed E-state index contributed by atoms with van der Waals surface area (Å²) in [6.07, 6.45) is 5.37. The first-order valence-electron chi connectivity index (χ1n) is 15.9. The first kappa shape index (κ1) is 30.9. The quantitative estimate of drug-likeness (QED) is 0.204. The van der Waals surface area contributed by atoms with Crippen LogP contribution < -0.4 is 9.47 Å². The van der Waals surface area contributed by atoms with Gasteiger partial charge in [0.1, 0.15) is 18.5 Å². The maximum absolute atomic E-state index is 15.6. The molecule has 0 bridgehead atoms. The molecule has 3 aromatic carbocycles. The maximum Gasteiger partial charge on any atom is 0.407 e. The molecular weight excluding hydrogens is 573 g/mol. The van der Waals surface area contributed by atoms with Crippen molar-refractivity contribution in [3.63, 3.8) is 0 Å². The maximum atomic E-state index is 15.6. The Morgan fingerprint density at radius 3 is 2.56 bits per heavy atom. The van der Waals surface area contributed by atoms with Crippen LogP contribution in [0.25, 0.3) is 22.0 Å². The van der Waals surface area contributed by atoms with Gasteiger partial charge >= 0.3 is 6.09 Å². The third-order valence-electron chi connectivity index (χ3n) is 8.85. The zero-order chi connectivity index (χ0) is 31.7. The van der Waals surface area contributed by atoms with Crippen molar-refractivity contribution in [3.8, 4) is 22.6 Å². The SMILES string of the molecule is CCc1cc(OCc2ccccc2)c(F)cc1-c1cc(O[C@H]2C[C@H](N(C(=O)O)C(C)(C)C)C2)c2cnn(C3CCCCO3)c2c1. The molecule has 2 heterocycles. The van der Waals surface area contributed by atoms with Crippen LogP contribution in [-0.2, 0) is 17.8 Å². The smallest absolute Gasteiger partial charge is 0.407 e. The lowest BCUT2D eigenvalue weighted by Gasteiger charge is -2.47. The fourth-order valence-corrected chi connectivity index (χ4v) is 6.53. The van der Waals surface area contributed by atoms with E-state index >= 15 is 4.39 Å². The number of carbonyl (C=O) groups is 1. The van der Waals surface area contributed by atoms with Crippen molar-refractivity contribution in [2.75, 3.05) is 6.61 Å². The number of hydrogen-bond donors (Lipinski definition) is 1. The molecule has 0 spiro atoms. The highest BCUT2D eigenvalue weighted by molar-refractivity contribution is 5.91. The second kappa shape index (κ2) is 12.7. The molecule has 1 saturated carbocycles. The molecule has 2 aliphatic rings. The van der Waals surface area contributed by atoms with Crippen LogP contribution in [0.3, 0.4) is 0 Å². The number of rotatable bonds is 9. The van der Waals surface area contributed by atoms with Gasteiger partial charge in [-0.1, -0.05) is 37.3 Å². The van der Waals surface area contributed by atoms with Gasteiger partial charge in [-0.25, -0.2) is 13.9 Å². The second-order valence-electron chi connectivity index (χ2n) is 13.1. The monoisotopic (exact) mass is 615 g/mol. The average Bonchev–Trinajstić information content (AvgIpc) is 3.43. The molecule has 1 aliphatic carbocycles. The van der Waals surface area contributed by atoms with Gasteiger partial charge in [-0.15, -0.1) is 0 Å². The fourth-order valence-electron chi connectivity index (χ4n) is 6.53. The molecule has 238 valence electrons. The van der Waals surface area contributed by atoms with Gasteiger partial charge in [0.15, 0.2) is 17.8 Å². The highest BCUT2D eigenvalue weighted by Gasteiger charge is 2.42. The van der Waals surface area contributed by atoms with Gasteiger partial charge in [0.25, 0.3) is 0 Å². The van der Waals surface area contributed by atoms with Gasteiger partial charge in [-0.05, 0) is 93.0 Å². The number of amides is 1. The molecule has 2 fully saturated rings. The van der Waals surface area contributed by atoms with E-state index in [0.29, 0.717) is 31.6 Å². The summed E-state index contributed by atoms with van der Waals surface area (Å²) in [5.41, 5.74) is 3.86. The highest BCUT2D eigenvalue weighted by atomic mass is 19.1. The number of aryl methyl sites for hydroxylation is 1. The molecule has 1 saturated heterocycles. The fraction of sp³-hybridized carbons (Fsp3) is 0.444. The third kappa shape index (κ3) is 6.50. The van der Waals surface area contributed by atoms with Crippen molar-refractivity contribution in [1.29, 1.82) is 0 Å². The predicted molar refractivity (Wildman–Crippen MR) is 171 cm³/mol. The van der Waals surface area contributed by atoms with E-state index in [-0.39, 0.29) is 30.7 Å². The number of fused-ring (bicyclic) bond motifs is 1.